The van der Waals surface area contributed by atoms with Crippen LogP contribution >= 0.6 is 24.0 Å². The second-order valence-corrected chi connectivity index (χ2v) is 7.83. The number of carbonyl (C=O) groups excluding carboxylic acids is 1. The first kappa shape index (κ1) is 16.9. The van der Waals surface area contributed by atoms with Gasteiger partial charge in [0.1, 0.15) is 10.1 Å². The van der Waals surface area contributed by atoms with E-state index in [-0.39, 0.29) is 22.5 Å². The number of carbonyl (C=O) groups is 1. The van der Waals surface area contributed by atoms with Gasteiger partial charge in [-0.2, -0.15) is 8.42 Å². The standard InChI is InChI=1S/C13H13NO5S3/c1-8(9-2-4-10(15)5-3-9)11-12(16)14(13(20)21-11)6-7-22(17,18)19/h2-5,15H,6-7H2,1H3,(H,17,18,19)/b11-8+. The molecule has 0 spiro atoms. The van der Waals surface area contributed by atoms with Crippen LogP contribution in [0.5, 0.6) is 5.75 Å². The molecule has 0 saturated carbocycles. The van der Waals surface area contributed by atoms with E-state index >= 15 is 0 Å². The molecule has 1 heterocycles. The summed E-state index contributed by atoms with van der Waals surface area (Å²) in [7, 11) is -4.16. The van der Waals surface area contributed by atoms with Gasteiger partial charge in [-0.15, -0.1) is 0 Å². The minimum atomic E-state index is -4.16. The van der Waals surface area contributed by atoms with E-state index in [1.54, 1.807) is 19.1 Å². The molecular formula is C13H13NO5S3. The summed E-state index contributed by atoms with van der Waals surface area (Å²) in [4.78, 5) is 13.9. The van der Waals surface area contributed by atoms with Crippen molar-refractivity contribution in [3.63, 3.8) is 0 Å². The van der Waals surface area contributed by atoms with Gasteiger partial charge in [-0.1, -0.05) is 36.1 Å². The molecule has 2 rings (SSSR count). The number of phenolic OH excluding ortho intramolecular Hbond substituents is 1. The number of aromatic hydroxyl groups is 1. The zero-order valence-corrected chi connectivity index (χ0v) is 14.0. The Balaban J connectivity index is 2.26. The van der Waals surface area contributed by atoms with Gasteiger partial charge in [0.15, 0.2) is 0 Å². The molecule has 1 aromatic carbocycles. The number of nitrogens with zero attached hydrogens (tertiary/aromatic N) is 1. The zero-order chi connectivity index (χ0) is 16.5. The van der Waals surface area contributed by atoms with E-state index in [4.69, 9.17) is 16.8 Å². The highest BCUT2D eigenvalue weighted by molar-refractivity contribution is 8.26. The van der Waals surface area contributed by atoms with Gasteiger partial charge in [0.2, 0.25) is 0 Å². The van der Waals surface area contributed by atoms with Crippen molar-refractivity contribution in [3.8, 4) is 5.75 Å². The fourth-order valence-corrected chi connectivity index (χ4v) is 3.64. The van der Waals surface area contributed by atoms with Crippen LogP contribution in [0.1, 0.15) is 12.5 Å². The van der Waals surface area contributed by atoms with Crippen LogP contribution in [0.25, 0.3) is 5.57 Å². The smallest absolute Gasteiger partial charge is 0.266 e. The Morgan fingerprint density at radius 3 is 2.45 bits per heavy atom. The lowest BCUT2D eigenvalue weighted by atomic mass is 10.1. The van der Waals surface area contributed by atoms with E-state index in [1.165, 1.54) is 12.1 Å². The van der Waals surface area contributed by atoms with Gasteiger partial charge in [-0.05, 0) is 30.2 Å². The highest BCUT2D eigenvalue weighted by Gasteiger charge is 2.34. The number of thioether (sulfide) groups is 1. The number of rotatable bonds is 4. The summed E-state index contributed by atoms with van der Waals surface area (Å²) >= 11 is 6.18. The number of hydrogen-bond acceptors (Lipinski definition) is 6. The van der Waals surface area contributed by atoms with E-state index in [2.05, 4.69) is 0 Å². The first-order valence-electron chi connectivity index (χ1n) is 6.18. The van der Waals surface area contributed by atoms with Crippen molar-refractivity contribution in [3.05, 3.63) is 34.7 Å². The van der Waals surface area contributed by atoms with Crippen molar-refractivity contribution >= 4 is 49.9 Å². The summed E-state index contributed by atoms with van der Waals surface area (Å²) in [6.45, 7) is 1.57. The molecule has 118 valence electrons. The topological polar surface area (TPSA) is 94.9 Å². The maximum atomic E-state index is 12.3. The van der Waals surface area contributed by atoms with Crippen LogP contribution in [0.2, 0.25) is 0 Å². The van der Waals surface area contributed by atoms with Crippen LogP contribution in [0.3, 0.4) is 0 Å². The second kappa shape index (κ2) is 6.37. The van der Waals surface area contributed by atoms with Crippen LogP contribution in [0, 0.1) is 0 Å². The molecule has 9 heteroatoms. The Hall–Kier alpha value is -1.42. The molecule has 0 aromatic heterocycles. The normalized spacial score (nSPS) is 18.0. The van der Waals surface area contributed by atoms with Crippen molar-refractivity contribution in [2.24, 2.45) is 0 Å². The van der Waals surface area contributed by atoms with Crippen LogP contribution in [-0.2, 0) is 14.9 Å². The average Bonchev–Trinajstić information content (AvgIpc) is 2.71. The molecule has 1 aromatic rings. The zero-order valence-electron chi connectivity index (χ0n) is 11.5. The average molecular weight is 359 g/mol. The molecule has 1 amide bonds. The van der Waals surface area contributed by atoms with Crippen LogP contribution in [-0.4, -0.2) is 45.5 Å². The lowest BCUT2D eigenvalue weighted by molar-refractivity contribution is -0.121. The maximum absolute atomic E-state index is 12.3. The largest absolute Gasteiger partial charge is 0.508 e. The summed E-state index contributed by atoms with van der Waals surface area (Å²) in [6.07, 6.45) is 0. The van der Waals surface area contributed by atoms with E-state index in [9.17, 15) is 18.3 Å². The van der Waals surface area contributed by atoms with E-state index < -0.39 is 15.9 Å². The van der Waals surface area contributed by atoms with Crippen LogP contribution < -0.4 is 0 Å². The van der Waals surface area contributed by atoms with Crippen molar-refractivity contribution in [2.45, 2.75) is 6.92 Å². The molecule has 6 nitrogen and oxygen atoms in total. The number of hydrogen-bond donors (Lipinski definition) is 2. The lowest BCUT2D eigenvalue weighted by Crippen LogP contribution is -2.32. The van der Waals surface area contributed by atoms with Gasteiger partial charge < -0.3 is 5.11 Å². The first-order chi connectivity index (χ1) is 10.2. The summed E-state index contributed by atoms with van der Waals surface area (Å²) in [5, 5.41) is 9.29. The van der Waals surface area contributed by atoms with Gasteiger partial charge >= 0.3 is 0 Å². The van der Waals surface area contributed by atoms with Gasteiger partial charge in [0.25, 0.3) is 16.0 Å². The Bertz CT molecular complexity index is 752. The third-order valence-electron chi connectivity index (χ3n) is 3.06. The fraction of sp³-hybridized carbons (Fsp3) is 0.231. The molecule has 2 N–H and O–H groups in total. The minimum Gasteiger partial charge on any atom is -0.508 e. The highest BCUT2D eigenvalue weighted by Crippen LogP contribution is 2.36. The Morgan fingerprint density at radius 2 is 1.91 bits per heavy atom. The summed E-state index contributed by atoms with van der Waals surface area (Å²) in [6, 6.07) is 6.38. The maximum Gasteiger partial charge on any atom is 0.266 e. The predicted molar refractivity (Wildman–Crippen MR) is 89.0 cm³/mol. The first-order valence-corrected chi connectivity index (χ1v) is 9.01. The molecule has 1 aliphatic rings. The Kier molecular flexibility index (Phi) is 4.90. The van der Waals surface area contributed by atoms with E-state index in [1.807, 2.05) is 0 Å². The Labute approximate surface area is 137 Å². The number of allylic oxidation sites excluding steroid dienone is 1. The quantitative estimate of drug-likeness (QED) is 0.481. The lowest BCUT2D eigenvalue weighted by Gasteiger charge is -2.13. The summed E-state index contributed by atoms with van der Waals surface area (Å²) in [5.41, 5.74) is 1.44. The van der Waals surface area contributed by atoms with Crippen molar-refractivity contribution in [2.75, 3.05) is 12.3 Å². The predicted octanol–water partition coefficient (Wildman–Crippen LogP) is 1.87. The molecule has 0 bridgehead atoms. The molecule has 1 fully saturated rings. The molecule has 0 radical (unpaired) electrons. The minimum absolute atomic E-state index is 0.122. The Morgan fingerprint density at radius 1 is 1.32 bits per heavy atom. The number of amides is 1. The SMILES string of the molecule is C/C(=C1\SC(=S)N(CCS(=O)(=O)O)C1=O)c1ccc(O)cc1. The molecule has 0 unspecified atom stereocenters. The number of phenols is 1. The fourth-order valence-electron chi connectivity index (χ4n) is 1.87. The third-order valence-corrected chi connectivity index (χ3v) is 5.31. The monoisotopic (exact) mass is 359 g/mol. The van der Waals surface area contributed by atoms with Gasteiger partial charge in [-0.25, -0.2) is 0 Å². The molecule has 0 atom stereocenters. The number of thiocarbonyl (C=S) groups is 1. The molecule has 1 aliphatic heterocycles. The van der Waals surface area contributed by atoms with Gasteiger partial charge in [0.05, 0.1) is 10.7 Å². The summed E-state index contributed by atoms with van der Waals surface area (Å²) in [5.74, 6) is -0.827. The van der Waals surface area contributed by atoms with Gasteiger partial charge in [0, 0.05) is 6.54 Å². The van der Waals surface area contributed by atoms with E-state index in [0.29, 0.717) is 10.5 Å². The molecule has 0 aliphatic carbocycles. The summed E-state index contributed by atoms with van der Waals surface area (Å²) < 4.78 is 30.6. The second-order valence-electron chi connectivity index (χ2n) is 4.61. The molecular weight excluding hydrogens is 346 g/mol. The van der Waals surface area contributed by atoms with Gasteiger partial charge in [-0.3, -0.25) is 14.2 Å². The van der Waals surface area contributed by atoms with Crippen molar-refractivity contribution in [1.29, 1.82) is 0 Å². The van der Waals surface area contributed by atoms with E-state index in [0.717, 1.165) is 22.2 Å². The van der Waals surface area contributed by atoms with Crippen molar-refractivity contribution in [1.82, 2.24) is 4.90 Å². The van der Waals surface area contributed by atoms with Crippen LogP contribution in [0.15, 0.2) is 29.2 Å². The molecule has 1 saturated heterocycles. The van der Waals surface area contributed by atoms with Crippen molar-refractivity contribution < 1.29 is 22.9 Å². The number of benzene rings is 1. The third kappa shape index (κ3) is 3.86. The molecule has 22 heavy (non-hydrogen) atoms. The van der Waals surface area contributed by atoms with Crippen LogP contribution in [0.4, 0.5) is 0 Å². The highest BCUT2D eigenvalue weighted by atomic mass is 32.2.